The maximum Gasteiger partial charge on any atom is 0.280 e. The van der Waals surface area contributed by atoms with Crippen LogP contribution in [0.3, 0.4) is 0 Å². The summed E-state index contributed by atoms with van der Waals surface area (Å²) in [5.74, 6) is 0. The first kappa shape index (κ1) is 10.0. The first-order valence-electron chi connectivity index (χ1n) is 4.60. The summed E-state index contributed by atoms with van der Waals surface area (Å²) < 4.78 is 2.24. The Hall–Kier alpha value is 0.510. The minimum absolute atomic E-state index is 0.0645. The van der Waals surface area contributed by atoms with Gasteiger partial charge in [0.1, 0.15) is 0 Å². The topological polar surface area (TPSA) is 32.3 Å². The molecule has 74 valence electrons. The van der Waals surface area contributed by atoms with E-state index in [2.05, 4.69) is 22.4 Å². The molecule has 2 saturated heterocycles. The number of hydrogen-bond donors (Lipinski definition) is 2. The number of thiol groups is 1. The maximum atomic E-state index is 10.9. The molecule has 0 spiro atoms. The second-order valence-corrected chi connectivity index (χ2v) is 5.29. The highest BCUT2D eigenvalue weighted by Gasteiger charge is 2.39. The highest BCUT2D eigenvalue weighted by molar-refractivity contribution is 14.1. The third-order valence-electron chi connectivity index (χ3n) is 3.01. The molecule has 0 saturated carbocycles. The molecular formula is C8H13IN2OS. The largest absolute Gasteiger partial charge is 0.345 e. The van der Waals surface area contributed by atoms with Gasteiger partial charge < -0.3 is 5.32 Å². The number of fused-ring (bicyclic) bond motifs is 2. The van der Waals surface area contributed by atoms with E-state index >= 15 is 0 Å². The number of piperidine rings is 1. The number of nitrogens with zero attached hydrogens (tertiary/aromatic N) is 1. The lowest BCUT2D eigenvalue weighted by atomic mass is 10.0. The second kappa shape index (κ2) is 3.94. The van der Waals surface area contributed by atoms with E-state index in [1.165, 1.54) is 12.8 Å². The van der Waals surface area contributed by atoms with Gasteiger partial charge in [-0.25, -0.2) is 4.31 Å². The van der Waals surface area contributed by atoms with Crippen LogP contribution in [0.4, 0.5) is 4.79 Å². The molecule has 0 radical (unpaired) electrons. The fraction of sp³-hybridized carbons (Fsp3) is 0.875. The Balaban J connectivity index is 1.95. The van der Waals surface area contributed by atoms with Gasteiger partial charge in [-0.15, -0.1) is 0 Å². The molecule has 1 amide bonds. The van der Waals surface area contributed by atoms with Crippen molar-refractivity contribution >= 4 is 39.3 Å². The third kappa shape index (κ3) is 2.12. The maximum absolute atomic E-state index is 10.9. The van der Waals surface area contributed by atoms with Crippen LogP contribution in [0, 0.1) is 0 Å². The summed E-state index contributed by atoms with van der Waals surface area (Å²) >= 11 is 6.27. The number of carbonyl (C=O) groups excluding carboxylic acids is 1. The van der Waals surface area contributed by atoms with Crippen molar-refractivity contribution in [3.63, 3.8) is 0 Å². The summed E-state index contributed by atoms with van der Waals surface area (Å²) in [5.41, 5.74) is 0. The molecule has 2 atom stereocenters. The fourth-order valence-electron chi connectivity index (χ4n) is 2.43. The molecule has 0 aromatic rings. The molecule has 0 aromatic heterocycles. The smallest absolute Gasteiger partial charge is 0.280 e. The van der Waals surface area contributed by atoms with Crippen molar-refractivity contribution in [2.75, 3.05) is 0 Å². The Bertz CT molecular complexity index is 212. The molecule has 0 aromatic carbocycles. The van der Waals surface area contributed by atoms with Crippen LogP contribution in [0.15, 0.2) is 0 Å². The molecule has 1 N–H and O–H groups in total. The number of halogens is 1. The van der Waals surface area contributed by atoms with Crippen LogP contribution >= 0.6 is 35.4 Å². The van der Waals surface area contributed by atoms with Gasteiger partial charge in [0.05, 0.1) is 0 Å². The van der Waals surface area contributed by atoms with Crippen LogP contribution in [0.5, 0.6) is 0 Å². The van der Waals surface area contributed by atoms with Gasteiger partial charge in [0.15, 0.2) is 0 Å². The van der Waals surface area contributed by atoms with Gasteiger partial charge in [0.25, 0.3) is 3.91 Å². The van der Waals surface area contributed by atoms with E-state index in [1.54, 1.807) is 22.6 Å². The van der Waals surface area contributed by atoms with E-state index in [0.717, 1.165) is 12.8 Å². The van der Waals surface area contributed by atoms with E-state index in [4.69, 9.17) is 0 Å². The molecule has 2 aliphatic rings. The van der Waals surface area contributed by atoms with E-state index in [-0.39, 0.29) is 3.91 Å². The van der Waals surface area contributed by atoms with Gasteiger partial charge in [-0.2, -0.15) is 0 Å². The molecule has 2 fully saturated rings. The molecule has 3 nitrogen and oxygen atoms in total. The van der Waals surface area contributed by atoms with E-state index < -0.39 is 0 Å². The van der Waals surface area contributed by atoms with Crippen molar-refractivity contribution in [1.29, 1.82) is 0 Å². The normalized spacial score (nSPS) is 39.1. The molecule has 13 heavy (non-hydrogen) atoms. The minimum atomic E-state index is 0.0645. The lowest BCUT2D eigenvalue weighted by Gasteiger charge is -2.35. The minimum Gasteiger partial charge on any atom is -0.345 e. The quantitative estimate of drug-likeness (QED) is 0.336. The number of amides is 1. The highest BCUT2D eigenvalue weighted by atomic mass is 127. The Morgan fingerprint density at radius 1 is 1.38 bits per heavy atom. The SMILES string of the molecule is O=C(I)NC1CC2CCC(C1)N2S. The third-order valence-corrected chi connectivity index (χ3v) is 3.98. The van der Waals surface area contributed by atoms with E-state index in [0.29, 0.717) is 18.1 Å². The van der Waals surface area contributed by atoms with Crippen LogP contribution in [0.2, 0.25) is 0 Å². The second-order valence-electron chi connectivity index (χ2n) is 3.85. The number of hydrogen-bond acceptors (Lipinski definition) is 3. The highest BCUT2D eigenvalue weighted by Crippen LogP contribution is 2.36. The van der Waals surface area contributed by atoms with E-state index in [9.17, 15) is 4.79 Å². The van der Waals surface area contributed by atoms with Crippen LogP contribution in [0.1, 0.15) is 25.7 Å². The summed E-state index contributed by atoms with van der Waals surface area (Å²) in [4.78, 5) is 10.9. The fourth-order valence-corrected chi connectivity index (χ4v) is 3.29. The molecule has 2 rings (SSSR count). The molecule has 2 bridgehead atoms. The van der Waals surface area contributed by atoms with Crippen molar-refractivity contribution in [2.24, 2.45) is 0 Å². The molecule has 2 aliphatic heterocycles. The summed E-state index contributed by atoms with van der Waals surface area (Å²) in [6, 6.07) is 1.54. The van der Waals surface area contributed by atoms with E-state index in [1.807, 2.05) is 0 Å². The zero-order valence-electron chi connectivity index (χ0n) is 7.24. The first-order valence-corrected chi connectivity index (χ1v) is 6.08. The van der Waals surface area contributed by atoms with Crippen molar-refractivity contribution in [3.05, 3.63) is 0 Å². The standard InChI is InChI=1S/C8H13IN2OS/c9-8(12)10-5-3-6-1-2-7(4-5)11(6)13/h5-7,13H,1-4H2,(H,10,12). The number of nitrogens with one attached hydrogen (secondary N) is 1. The van der Waals surface area contributed by atoms with Crippen LogP contribution < -0.4 is 5.32 Å². The Morgan fingerprint density at radius 2 is 1.92 bits per heavy atom. The van der Waals surface area contributed by atoms with Gasteiger partial charge in [0.2, 0.25) is 0 Å². The van der Waals surface area contributed by atoms with Crippen LogP contribution in [0.25, 0.3) is 0 Å². The zero-order chi connectivity index (χ0) is 9.42. The summed E-state index contributed by atoms with van der Waals surface area (Å²) in [7, 11) is 0. The monoisotopic (exact) mass is 312 g/mol. The molecule has 5 heteroatoms. The Morgan fingerprint density at radius 3 is 2.38 bits per heavy atom. The Labute approximate surface area is 97.3 Å². The predicted molar refractivity (Wildman–Crippen MR) is 63.2 cm³/mol. The summed E-state index contributed by atoms with van der Waals surface area (Å²) in [5, 5.41) is 2.99. The van der Waals surface area contributed by atoms with Crippen molar-refractivity contribution in [2.45, 2.75) is 43.8 Å². The average Bonchev–Trinajstić information content (AvgIpc) is 2.33. The lowest BCUT2D eigenvalue weighted by molar-refractivity contribution is 0.221. The van der Waals surface area contributed by atoms with Crippen molar-refractivity contribution < 1.29 is 4.79 Å². The first-order chi connectivity index (χ1) is 6.16. The number of carbonyl (C=O) groups is 1. The van der Waals surface area contributed by atoms with Crippen LogP contribution in [-0.2, 0) is 0 Å². The predicted octanol–water partition coefficient (Wildman–Crippen LogP) is 1.97. The van der Waals surface area contributed by atoms with Crippen molar-refractivity contribution in [1.82, 2.24) is 9.62 Å². The molecule has 2 heterocycles. The average molecular weight is 312 g/mol. The zero-order valence-corrected chi connectivity index (χ0v) is 10.3. The van der Waals surface area contributed by atoms with Gasteiger partial charge in [-0.1, -0.05) is 12.8 Å². The lowest BCUT2D eigenvalue weighted by Crippen LogP contribution is -2.45. The van der Waals surface area contributed by atoms with Gasteiger partial charge >= 0.3 is 0 Å². The van der Waals surface area contributed by atoms with Gasteiger partial charge in [0, 0.05) is 40.7 Å². The molecular weight excluding hydrogens is 299 g/mol. The molecule has 2 unspecified atom stereocenters. The summed E-state index contributed by atoms with van der Waals surface area (Å²) in [6.45, 7) is 0. The molecule has 0 aliphatic carbocycles. The van der Waals surface area contributed by atoms with Gasteiger partial charge in [-0.05, 0) is 25.7 Å². The summed E-state index contributed by atoms with van der Waals surface area (Å²) in [6.07, 6.45) is 4.60. The number of rotatable bonds is 1. The van der Waals surface area contributed by atoms with Crippen molar-refractivity contribution in [3.8, 4) is 0 Å². The van der Waals surface area contributed by atoms with Crippen LogP contribution in [-0.4, -0.2) is 26.3 Å². The Kier molecular flexibility index (Phi) is 3.04. The van der Waals surface area contributed by atoms with Gasteiger partial charge in [-0.3, -0.25) is 4.79 Å².